The molecule has 1 aromatic carbocycles. The summed E-state index contributed by atoms with van der Waals surface area (Å²) in [7, 11) is 0. The van der Waals surface area contributed by atoms with Gasteiger partial charge in [0.2, 0.25) is 0 Å². The van der Waals surface area contributed by atoms with E-state index in [1.54, 1.807) is 35.6 Å². The molecule has 0 aliphatic heterocycles. The number of hydrogen-bond acceptors (Lipinski definition) is 5. The van der Waals surface area contributed by atoms with Crippen LogP contribution in [0.25, 0.3) is 0 Å². The van der Waals surface area contributed by atoms with Gasteiger partial charge in [-0.3, -0.25) is 0 Å². The van der Waals surface area contributed by atoms with Crippen molar-refractivity contribution < 1.29 is 19.7 Å². The molecular formula is C19H25NO4S. The first kappa shape index (κ1) is 19.4. The van der Waals surface area contributed by atoms with Crippen LogP contribution in [0.1, 0.15) is 39.9 Å². The molecule has 4 N–H and O–H groups in total. The number of aliphatic hydroxyl groups is 1. The molecule has 1 aromatic heterocycles. The van der Waals surface area contributed by atoms with Crippen molar-refractivity contribution in [3.05, 3.63) is 51.7 Å². The van der Waals surface area contributed by atoms with Crippen molar-refractivity contribution in [2.75, 3.05) is 6.61 Å². The molecule has 2 aromatic rings. The number of nitrogens with two attached hydrogens (primary N) is 1. The van der Waals surface area contributed by atoms with Gasteiger partial charge >= 0.3 is 5.97 Å². The van der Waals surface area contributed by atoms with Gasteiger partial charge in [-0.05, 0) is 68.0 Å². The molecule has 1 unspecified atom stereocenters. The highest BCUT2D eigenvalue weighted by Gasteiger charge is 2.10. The summed E-state index contributed by atoms with van der Waals surface area (Å²) >= 11 is 1.79. The van der Waals surface area contributed by atoms with Gasteiger partial charge in [0, 0.05) is 9.75 Å². The molecule has 2 atom stereocenters. The maximum absolute atomic E-state index is 10.8. The fraction of sp³-hybridized carbons (Fsp3) is 0.421. The smallest absolute Gasteiger partial charge is 0.335 e. The molecule has 0 aliphatic rings. The fourth-order valence-electron chi connectivity index (χ4n) is 2.36. The number of rotatable bonds is 10. The van der Waals surface area contributed by atoms with E-state index in [-0.39, 0.29) is 11.5 Å². The number of aryl methyl sites for hydroxylation is 2. The Morgan fingerprint density at radius 2 is 1.80 bits per heavy atom. The number of aliphatic hydroxyl groups excluding tert-OH is 1. The highest BCUT2D eigenvalue weighted by atomic mass is 32.1. The molecule has 25 heavy (non-hydrogen) atoms. The van der Waals surface area contributed by atoms with E-state index in [0.717, 1.165) is 25.7 Å². The summed E-state index contributed by atoms with van der Waals surface area (Å²) in [6.45, 7) is 2.55. The van der Waals surface area contributed by atoms with Crippen LogP contribution < -0.4 is 10.5 Å². The largest absolute Gasteiger partial charge is 0.494 e. The van der Waals surface area contributed by atoms with E-state index in [2.05, 4.69) is 12.1 Å². The average molecular weight is 363 g/mol. The van der Waals surface area contributed by atoms with E-state index in [9.17, 15) is 9.90 Å². The summed E-state index contributed by atoms with van der Waals surface area (Å²) in [5.41, 5.74) is 5.73. The van der Waals surface area contributed by atoms with Crippen molar-refractivity contribution in [2.45, 2.75) is 38.8 Å². The highest BCUT2D eigenvalue weighted by Crippen LogP contribution is 2.21. The lowest BCUT2D eigenvalue weighted by Gasteiger charge is -2.13. The number of aromatic carboxylic acids is 1. The molecule has 0 bridgehead atoms. The van der Waals surface area contributed by atoms with Crippen LogP contribution in [0.2, 0.25) is 0 Å². The Morgan fingerprint density at radius 1 is 1.16 bits per heavy atom. The second-order valence-electron chi connectivity index (χ2n) is 6.16. The van der Waals surface area contributed by atoms with E-state index in [1.165, 1.54) is 9.75 Å². The number of carbonyl (C=O) groups is 1. The first-order valence-corrected chi connectivity index (χ1v) is 9.24. The van der Waals surface area contributed by atoms with Crippen molar-refractivity contribution in [1.82, 2.24) is 0 Å². The molecule has 5 nitrogen and oxygen atoms in total. The van der Waals surface area contributed by atoms with Gasteiger partial charge in [0.25, 0.3) is 0 Å². The lowest BCUT2D eigenvalue weighted by molar-refractivity contribution is 0.0697. The Balaban J connectivity index is 1.69. The monoisotopic (exact) mass is 363 g/mol. The predicted octanol–water partition coefficient (Wildman–Crippen LogP) is 3.30. The van der Waals surface area contributed by atoms with Gasteiger partial charge < -0.3 is 20.7 Å². The number of benzene rings is 1. The molecule has 0 spiro atoms. The van der Waals surface area contributed by atoms with Crippen molar-refractivity contribution in [3.8, 4) is 5.75 Å². The van der Waals surface area contributed by atoms with Crippen LogP contribution in [-0.4, -0.2) is 29.0 Å². The third-order valence-corrected chi connectivity index (χ3v) is 5.29. The Kier molecular flexibility index (Phi) is 7.43. The molecule has 0 aliphatic carbocycles. The van der Waals surface area contributed by atoms with Gasteiger partial charge in [-0.2, -0.15) is 0 Å². The van der Waals surface area contributed by atoms with Crippen molar-refractivity contribution in [3.63, 3.8) is 0 Å². The minimum Gasteiger partial charge on any atom is -0.494 e. The zero-order chi connectivity index (χ0) is 18.2. The second kappa shape index (κ2) is 9.56. The molecule has 0 radical (unpaired) electrons. The zero-order valence-corrected chi connectivity index (χ0v) is 15.2. The highest BCUT2D eigenvalue weighted by molar-refractivity contribution is 7.11. The SMILES string of the molecule is C[C@H](CCc1ccc(CCCOc2ccc(C(=O)O)cc2)s1)C(N)O. The lowest BCUT2D eigenvalue weighted by atomic mass is 10.0. The van der Waals surface area contributed by atoms with E-state index < -0.39 is 12.2 Å². The first-order chi connectivity index (χ1) is 12.0. The Bertz CT molecular complexity index is 666. The molecule has 2 rings (SSSR count). The zero-order valence-electron chi connectivity index (χ0n) is 14.4. The Morgan fingerprint density at radius 3 is 2.40 bits per heavy atom. The summed E-state index contributed by atoms with van der Waals surface area (Å²) in [5, 5.41) is 18.2. The second-order valence-corrected chi connectivity index (χ2v) is 7.41. The van der Waals surface area contributed by atoms with Crippen LogP contribution in [0.5, 0.6) is 5.75 Å². The topological polar surface area (TPSA) is 92.8 Å². The summed E-state index contributed by atoms with van der Waals surface area (Å²) in [5.74, 6) is -0.145. The van der Waals surface area contributed by atoms with Crippen molar-refractivity contribution in [2.24, 2.45) is 11.7 Å². The number of thiophene rings is 1. The normalized spacial score (nSPS) is 13.4. The molecule has 6 heteroatoms. The lowest BCUT2D eigenvalue weighted by Crippen LogP contribution is -2.27. The standard InChI is InChI=1S/C19H25NO4S/c1-13(18(20)21)4-9-17-11-10-16(25-17)3-2-12-24-15-7-5-14(6-8-15)19(22)23/h5-8,10-11,13,18,21H,2-4,9,12,20H2,1H3,(H,22,23)/t13-,18?/m1/s1. The summed E-state index contributed by atoms with van der Waals surface area (Å²) < 4.78 is 5.64. The number of ether oxygens (including phenoxy) is 1. The van der Waals surface area contributed by atoms with E-state index >= 15 is 0 Å². The molecule has 136 valence electrons. The molecule has 0 amide bonds. The third-order valence-electron chi connectivity index (χ3n) is 4.08. The van der Waals surface area contributed by atoms with Crippen LogP contribution in [0.15, 0.2) is 36.4 Å². The van der Waals surface area contributed by atoms with Gasteiger partial charge in [0.15, 0.2) is 0 Å². The van der Waals surface area contributed by atoms with Crippen molar-refractivity contribution in [1.29, 1.82) is 0 Å². The summed E-state index contributed by atoms with van der Waals surface area (Å²) in [6, 6.07) is 10.7. The number of carboxylic acid groups (broad SMARTS) is 1. The maximum Gasteiger partial charge on any atom is 0.335 e. The number of carboxylic acids is 1. The van der Waals surface area contributed by atoms with E-state index in [4.69, 9.17) is 15.6 Å². The van der Waals surface area contributed by atoms with E-state index in [1.807, 2.05) is 6.92 Å². The quantitative estimate of drug-likeness (QED) is 0.445. The van der Waals surface area contributed by atoms with Crippen molar-refractivity contribution >= 4 is 17.3 Å². The predicted molar refractivity (Wildman–Crippen MR) is 99.2 cm³/mol. The van der Waals surface area contributed by atoms with Gasteiger partial charge in [-0.25, -0.2) is 4.79 Å². The van der Waals surface area contributed by atoms with Crippen LogP contribution in [0.3, 0.4) is 0 Å². The summed E-state index contributed by atoms with van der Waals surface area (Å²) in [6.07, 6.45) is 2.92. The van der Waals surface area contributed by atoms with E-state index in [0.29, 0.717) is 12.4 Å². The molecule has 0 saturated heterocycles. The number of hydrogen-bond donors (Lipinski definition) is 3. The molecular weight excluding hydrogens is 338 g/mol. The Labute approximate surface area is 152 Å². The van der Waals surface area contributed by atoms with Crippen LogP contribution >= 0.6 is 11.3 Å². The molecule has 0 fully saturated rings. The summed E-state index contributed by atoms with van der Waals surface area (Å²) in [4.78, 5) is 13.4. The van der Waals surface area contributed by atoms with Gasteiger partial charge in [0.1, 0.15) is 12.0 Å². The average Bonchev–Trinajstić information content (AvgIpc) is 3.04. The van der Waals surface area contributed by atoms with Gasteiger partial charge in [0.05, 0.1) is 12.2 Å². The minimum atomic E-state index is -0.935. The minimum absolute atomic E-state index is 0.103. The van der Waals surface area contributed by atoms with Crippen LogP contribution in [-0.2, 0) is 12.8 Å². The van der Waals surface area contributed by atoms with Crippen LogP contribution in [0.4, 0.5) is 0 Å². The fourth-order valence-corrected chi connectivity index (χ4v) is 3.44. The Hall–Kier alpha value is -1.89. The third kappa shape index (κ3) is 6.49. The maximum atomic E-state index is 10.8. The first-order valence-electron chi connectivity index (χ1n) is 8.43. The molecule has 1 heterocycles. The van der Waals surface area contributed by atoms with Gasteiger partial charge in [-0.15, -0.1) is 11.3 Å². The van der Waals surface area contributed by atoms with Crippen LogP contribution in [0, 0.1) is 5.92 Å². The van der Waals surface area contributed by atoms with Gasteiger partial charge in [-0.1, -0.05) is 6.92 Å². The molecule has 0 saturated carbocycles.